The van der Waals surface area contributed by atoms with Crippen LogP contribution in [0.5, 0.6) is 0 Å². The Morgan fingerprint density at radius 1 is 1.48 bits per heavy atom. The first-order valence-electron chi connectivity index (χ1n) is 7.78. The molecular formula is C16H19ClFN3O2. The summed E-state index contributed by atoms with van der Waals surface area (Å²) < 4.78 is 13.9. The molecule has 5 nitrogen and oxygen atoms in total. The van der Waals surface area contributed by atoms with E-state index in [0.717, 1.165) is 6.42 Å². The molecule has 0 bridgehead atoms. The van der Waals surface area contributed by atoms with E-state index in [9.17, 15) is 14.0 Å². The van der Waals surface area contributed by atoms with Gasteiger partial charge in [0.1, 0.15) is 11.9 Å². The molecule has 1 aromatic rings. The number of rotatable bonds is 2. The molecule has 23 heavy (non-hydrogen) atoms. The van der Waals surface area contributed by atoms with Crippen LogP contribution in [-0.2, 0) is 4.79 Å². The first kappa shape index (κ1) is 16.1. The molecule has 2 N–H and O–H groups in total. The average Bonchev–Trinajstić information content (AvgIpc) is 3.26. The van der Waals surface area contributed by atoms with E-state index in [0.29, 0.717) is 30.1 Å². The Kier molecular flexibility index (Phi) is 4.43. The van der Waals surface area contributed by atoms with Crippen LogP contribution in [0.25, 0.3) is 0 Å². The van der Waals surface area contributed by atoms with Crippen molar-refractivity contribution in [1.29, 1.82) is 0 Å². The standard InChI is InChI=1S/C16H19ClFN3O2/c1-9-15(22)19-6-3-7-21(9)16(23)20-13-8-10(13)14-11(17)4-2-5-12(14)18/h2,4-5,9-10,13H,3,6-8H2,1H3,(H,19,22)(H,20,23)/t9-,10+,13+/m0/s1. The Hall–Kier alpha value is -1.82. The second-order valence-corrected chi connectivity index (χ2v) is 6.45. The lowest BCUT2D eigenvalue weighted by Crippen LogP contribution is -2.50. The average molecular weight is 340 g/mol. The molecule has 0 aromatic heterocycles. The zero-order chi connectivity index (χ0) is 16.6. The van der Waals surface area contributed by atoms with Crippen LogP contribution in [0.1, 0.15) is 31.2 Å². The van der Waals surface area contributed by atoms with Crippen molar-refractivity contribution in [2.45, 2.75) is 37.8 Å². The van der Waals surface area contributed by atoms with Gasteiger partial charge in [-0.2, -0.15) is 0 Å². The van der Waals surface area contributed by atoms with Crippen molar-refractivity contribution in [2.75, 3.05) is 13.1 Å². The second-order valence-electron chi connectivity index (χ2n) is 6.05. The summed E-state index contributed by atoms with van der Waals surface area (Å²) in [6, 6.07) is 3.66. The molecular weight excluding hydrogens is 321 g/mol. The molecule has 2 aliphatic rings. The summed E-state index contributed by atoms with van der Waals surface area (Å²) >= 11 is 6.06. The van der Waals surface area contributed by atoms with Crippen molar-refractivity contribution in [2.24, 2.45) is 0 Å². The van der Waals surface area contributed by atoms with Crippen molar-refractivity contribution < 1.29 is 14.0 Å². The molecule has 0 spiro atoms. The monoisotopic (exact) mass is 339 g/mol. The van der Waals surface area contributed by atoms with E-state index in [1.807, 2.05) is 0 Å². The molecule has 0 unspecified atom stereocenters. The Balaban J connectivity index is 1.65. The van der Waals surface area contributed by atoms with E-state index in [1.54, 1.807) is 19.1 Å². The summed E-state index contributed by atoms with van der Waals surface area (Å²) in [5.74, 6) is -0.604. The lowest BCUT2D eigenvalue weighted by molar-refractivity contribution is -0.124. The molecule has 3 atom stereocenters. The van der Waals surface area contributed by atoms with Crippen LogP contribution in [0.3, 0.4) is 0 Å². The quantitative estimate of drug-likeness (QED) is 0.868. The maximum Gasteiger partial charge on any atom is 0.318 e. The lowest BCUT2D eigenvalue weighted by Gasteiger charge is -2.25. The topological polar surface area (TPSA) is 61.4 Å². The van der Waals surface area contributed by atoms with Gasteiger partial charge in [-0.3, -0.25) is 4.79 Å². The van der Waals surface area contributed by atoms with Crippen molar-refractivity contribution in [1.82, 2.24) is 15.5 Å². The largest absolute Gasteiger partial charge is 0.354 e. The van der Waals surface area contributed by atoms with Gasteiger partial charge in [-0.05, 0) is 31.9 Å². The summed E-state index contributed by atoms with van der Waals surface area (Å²) in [5.41, 5.74) is 0.459. The summed E-state index contributed by atoms with van der Waals surface area (Å²) in [6.45, 7) is 2.80. The SMILES string of the molecule is C[C@H]1C(=O)NCCCN1C(=O)N[C@@H]1C[C@H]1c1c(F)cccc1Cl. The molecule has 1 aliphatic heterocycles. The Bertz CT molecular complexity index is 620. The Morgan fingerprint density at radius 2 is 2.26 bits per heavy atom. The van der Waals surface area contributed by atoms with Crippen LogP contribution < -0.4 is 10.6 Å². The van der Waals surface area contributed by atoms with Crippen LogP contribution in [0.2, 0.25) is 5.02 Å². The van der Waals surface area contributed by atoms with Gasteiger partial charge >= 0.3 is 6.03 Å². The molecule has 1 saturated heterocycles. The predicted octanol–water partition coefficient (Wildman–Crippen LogP) is 2.25. The minimum atomic E-state index is -0.508. The number of hydrogen-bond donors (Lipinski definition) is 2. The highest BCUT2D eigenvalue weighted by atomic mass is 35.5. The first-order valence-corrected chi connectivity index (χ1v) is 8.15. The van der Waals surface area contributed by atoms with Gasteiger partial charge in [-0.1, -0.05) is 17.7 Å². The zero-order valence-electron chi connectivity index (χ0n) is 12.8. The summed E-state index contributed by atoms with van der Waals surface area (Å²) in [6.07, 6.45) is 1.37. The van der Waals surface area contributed by atoms with Crippen LogP contribution in [0.15, 0.2) is 18.2 Å². The molecule has 3 rings (SSSR count). The third-order valence-corrected chi connectivity index (χ3v) is 4.78. The molecule has 0 radical (unpaired) electrons. The zero-order valence-corrected chi connectivity index (χ0v) is 13.6. The smallest absolute Gasteiger partial charge is 0.318 e. The normalized spacial score (nSPS) is 27.2. The highest BCUT2D eigenvalue weighted by Crippen LogP contribution is 2.45. The number of benzene rings is 1. The van der Waals surface area contributed by atoms with Gasteiger partial charge in [0.25, 0.3) is 0 Å². The molecule has 1 aliphatic carbocycles. The number of urea groups is 1. The van der Waals surface area contributed by atoms with E-state index < -0.39 is 6.04 Å². The highest BCUT2D eigenvalue weighted by molar-refractivity contribution is 6.31. The molecule has 2 fully saturated rings. The van der Waals surface area contributed by atoms with E-state index in [4.69, 9.17) is 11.6 Å². The fourth-order valence-electron chi connectivity index (χ4n) is 3.00. The maximum absolute atomic E-state index is 13.9. The first-order chi connectivity index (χ1) is 11.0. The third-order valence-electron chi connectivity index (χ3n) is 4.45. The molecule has 7 heteroatoms. The summed E-state index contributed by atoms with van der Waals surface area (Å²) in [4.78, 5) is 25.7. The van der Waals surface area contributed by atoms with Gasteiger partial charge in [-0.15, -0.1) is 0 Å². The number of carbonyl (C=O) groups excluding carboxylic acids is 2. The van der Waals surface area contributed by atoms with Crippen LogP contribution >= 0.6 is 11.6 Å². The minimum absolute atomic E-state index is 0.108. The van der Waals surface area contributed by atoms with Crippen LogP contribution in [-0.4, -0.2) is 42.0 Å². The highest BCUT2D eigenvalue weighted by Gasteiger charge is 2.43. The maximum atomic E-state index is 13.9. The van der Waals surface area contributed by atoms with Crippen LogP contribution in [0, 0.1) is 5.82 Å². The number of hydrogen-bond acceptors (Lipinski definition) is 2. The summed E-state index contributed by atoms with van der Waals surface area (Å²) in [7, 11) is 0. The van der Waals surface area contributed by atoms with E-state index in [-0.39, 0.29) is 29.7 Å². The van der Waals surface area contributed by atoms with Crippen LogP contribution in [0.4, 0.5) is 9.18 Å². The molecule has 1 heterocycles. The van der Waals surface area contributed by atoms with Gasteiger partial charge in [0.05, 0.1) is 0 Å². The minimum Gasteiger partial charge on any atom is -0.354 e. The van der Waals surface area contributed by atoms with E-state index >= 15 is 0 Å². The van der Waals surface area contributed by atoms with Gasteiger partial charge in [0, 0.05) is 35.6 Å². The third kappa shape index (κ3) is 3.27. The van der Waals surface area contributed by atoms with Crippen molar-refractivity contribution >= 4 is 23.5 Å². The molecule has 1 aromatic carbocycles. The molecule has 1 saturated carbocycles. The van der Waals surface area contributed by atoms with Gasteiger partial charge < -0.3 is 15.5 Å². The van der Waals surface area contributed by atoms with Gasteiger partial charge in [-0.25, -0.2) is 9.18 Å². The fraction of sp³-hybridized carbons (Fsp3) is 0.500. The summed E-state index contributed by atoms with van der Waals surface area (Å²) in [5, 5.41) is 6.04. The second kappa shape index (κ2) is 6.35. The van der Waals surface area contributed by atoms with E-state index in [1.165, 1.54) is 11.0 Å². The Morgan fingerprint density at radius 3 is 3.00 bits per heavy atom. The van der Waals surface area contributed by atoms with Crippen molar-refractivity contribution in [3.63, 3.8) is 0 Å². The van der Waals surface area contributed by atoms with Gasteiger partial charge in [0.2, 0.25) is 5.91 Å². The molecule has 124 valence electrons. The van der Waals surface area contributed by atoms with Gasteiger partial charge in [0.15, 0.2) is 0 Å². The van der Waals surface area contributed by atoms with Crippen molar-refractivity contribution in [3.05, 3.63) is 34.6 Å². The Labute approximate surface area is 139 Å². The lowest BCUT2D eigenvalue weighted by atomic mass is 10.1. The van der Waals surface area contributed by atoms with Crippen molar-refractivity contribution in [3.8, 4) is 0 Å². The predicted molar refractivity (Wildman–Crippen MR) is 84.9 cm³/mol. The van der Waals surface area contributed by atoms with E-state index in [2.05, 4.69) is 10.6 Å². The number of nitrogens with zero attached hydrogens (tertiary/aromatic N) is 1. The number of carbonyl (C=O) groups is 2. The fourth-order valence-corrected chi connectivity index (χ4v) is 3.30. The number of nitrogens with one attached hydrogen (secondary N) is 2. The molecule has 3 amide bonds. The number of amides is 3. The number of halogens is 2.